The van der Waals surface area contributed by atoms with Crippen LogP contribution in [0.15, 0.2) is 48.5 Å². The maximum Gasteiger partial charge on any atom is 0.316 e. The zero-order chi connectivity index (χ0) is 22.8. The van der Waals surface area contributed by atoms with Gasteiger partial charge in [-0.15, -0.1) is 0 Å². The second kappa shape index (κ2) is 9.03. The van der Waals surface area contributed by atoms with E-state index in [9.17, 15) is 9.59 Å². The molecule has 2 aromatic heterocycles. The number of hydrogen-bond acceptors (Lipinski definition) is 3. The Morgan fingerprint density at radius 1 is 0.844 bits per heavy atom. The van der Waals surface area contributed by atoms with E-state index in [1.807, 2.05) is 12.1 Å². The summed E-state index contributed by atoms with van der Waals surface area (Å²) < 4.78 is 5.19. The molecule has 2 aromatic carbocycles. The standard InChI is InChI=1S/C27H30N2O3/c1-5-32-27(31)19(18(4)30)14-15-22(25-16(2)28-23-12-8-6-10-20(23)25)26-17(3)29-24-13-9-7-11-21(24)26/h6-13,19,22,28-29H,5,14-15H2,1-4H3. The van der Waals surface area contributed by atoms with Gasteiger partial charge in [-0.3, -0.25) is 9.59 Å². The van der Waals surface area contributed by atoms with Crippen molar-refractivity contribution < 1.29 is 14.3 Å². The number of ketones is 1. The highest BCUT2D eigenvalue weighted by atomic mass is 16.5. The van der Waals surface area contributed by atoms with Crippen LogP contribution in [0.4, 0.5) is 0 Å². The summed E-state index contributed by atoms with van der Waals surface area (Å²) in [6, 6.07) is 16.6. The molecule has 4 aromatic rings. The van der Waals surface area contributed by atoms with Crippen molar-refractivity contribution in [3.05, 3.63) is 71.0 Å². The zero-order valence-corrected chi connectivity index (χ0v) is 19.1. The first kappa shape index (κ1) is 21.9. The molecule has 2 N–H and O–H groups in total. The Balaban J connectivity index is 1.84. The Hall–Kier alpha value is -3.34. The molecular weight excluding hydrogens is 400 g/mol. The molecule has 0 spiro atoms. The minimum Gasteiger partial charge on any atom is -0.465 e. The molecule has 0 saturated heterocycles. The van der Waals surface area contributed by atoms with Crippen molar-refractivity contribution in [2.75, 3.05) is 6.61 Å². The lowest BCUT2D eigenvalue weighted by molar-refractivity contribution is -0.151. The first-order valence-electron chi connectivity index (χ1n) is 11.2. The molecule has 0 fully saturated rings. The van der Waals surface area contributed by atoms with Crippen LogP contribution in [0, 0.1) is 19.8 Å². The topological polar surface area (TPSA) is 75.0 Å². The van der Waals surface area contributed by atoms with E-state index in [1.165, 1.54) is 28.8 Å². The maximum absolute atomic E-state index is 12.5. The molecule has 0 amide bonds. The molecule has 1 unspecified atom stereocenters. The number of aromatic amines is 2. The van der Waals surface area contributed by atoms with Gasteiger partial charge in [-0.05, 0) is 63.8 Å². The molecule has 0 aliphatic carbocycles. The molecule has 0 radical (unpaired) electrons. The Morgan fingerprint density at radius 2 is 1.34 bits per heavy atom. The highest BCUT2D eigenvalue weighted by Crippen LogP contribution is 2.41. The third-order valence-corrected chi connectivity index (χ3v) is 6.39. The minimum absolute atomic E-state index is 0.0265. The van der Waals surface area contributed by atoms with Crippen molar-refractivity contribution in [2.45, 2.75) is 46.5 Å². The first-order chi connectivity index (χ1) is 15.4. The van der Waals surface area contributed by atoms with Gasteiger partial charge in [0.2, 0.25) is 0 Å². The van der Waals surface area contributed by atoms with Crippen molar-refractivity contribution >= 4 is 33.6 Å². The third kappa shape index (κ3) is 3.95. The van der Waals surface area contributed by atoms with E-state index in [-0.39, 0.29) is 18.3 Å². The summed E-state index contributed by atoms with van der Waals surface area (Å²) in [6.07, 6.45) is 1.10. The lowest BCUT2D eigenvalue weighted by Gasteiger charge is -2.21. The Bertz CT molecular complexity index is 1200. The number of benzene rings is 2. The second-order valence-corrected chi connectivity index (χ2v) is 8.46. The van der Waals surface area contributed by atoms with E-state index in [4.69, 9.17) is 4.74 Å². The number of aromatic nitrogens is 2. The zero-order valence-electron chi connectivity index (χ0n) is 19.1. The molecule has 0 aliphatic rings. The van der Waals surface area contributed by atoms with Gasteiger partial charge in [-0.2, -0.15) is 0 Å². The number of Topliss-reactive ketones (excluding diaryl/α,β-unsaturated/α-hetero) is 1. The van der Waals surface area contributed by atoms with Crippen LogP contribution in [0.2, 0.25) is 0 Å². The number of ether oxygens (including phenoxy) is 1. The number of H-pyrrole nitrogens is 2. The summed E-state index contributed by atoms with van der Waals surface area (Å²) in [4.78, 5) is 31.8. The quantitative estimate of drug-likeness (QED) is 0.268. The van der Waals surface area contributed by atoms with Crippen molar-refractivity contribution in [3.8, 4) is 0 Å². The lowest BCUT2D eigenvalue weighted by Crippen LogP contribution is -2.25. The van der Waals surface area contributed by atoms with Crippen LogP contribution in [0.3, 0.4) is 0 Å². The highest BCUT2D eigenvalue weighted by molar-refractivity contribution is 5.97. The van der Waals surface area contributed by atoms with Crippen molar-refractivity contribution in [3.63, 3.8) is 0 Å². The molecule has 0 saturated carbocycles. The predicted octanol–water partition coefficient (Wildman–Crippen LogP) is 5.95. The van der Waals surface area contributed by atoms with Crippen LogP contribution in [-0.4, -0.2) is 28.3 Å². The number of rotatable bonds is 8. The molecule has 166 valence electrons. The molecular formula is C27H30N2O3. The van der Waals surface area contributed by atoms with Gasteiger partial charge in [0.15, 0.2) is 0 Å². The van der Waals surface area contributed by atoms with Gasteiger partial charge in [0, 0.05) is 39.1 Å². The summed E-state index contributed by atoms with van der Waals surface area (Å²) in [5.41, 5.74) is 6.85. The van der Waals surface area contributed by atoms with E-state index in [1.54, 1.807) is 6.92 Å². The first-order valence-corrected chi connectivity index (χ1v) is 11.2. The average Bonchev–Trinajstić information content (AvgIpc) is 3.27. The number of para-hydroxylation sites is 2. The fourth-order valence-electron chi connectivity index (χ4n) is 4.99. The van der Waals surface area contributed by atoms with Crippen LogP contribution in [0.25, 0.3) is 21.8 Å². The van der Waals surface area contributed by atoms with Gasteiger partial charge < -0.3 is 14.7 Å². The molecule has 4 rings (SSSR count). The fraction of sp³-hybridized carbons (Fsp3) is 0.333. The second-order valence-electron chi connectivity index (χ2n) is 8.46. The number of fused-ring (bicyclic) bond motifs is 2. The number of carbonyl (C=O) groups is 2. The summed E-state index contributed by atoms with van der Waals surface area (Å²) in [7, 11) is 0. The van der Waals surface area contributed by atoms with Gasteiger partial charge in [-0.1, -0.05) is 36.4 Å². The summed E-state index contributed by atoms with van der Waals surface area (Å²) >= 11 is 0. The van der Waals surface area contributed by atoms with Crippen molar-refractivity contribution in [1.82, 2.24) is 9.97 Å². The van der Waals surface area contributed by atoms with Gasteiger partial charge in [-0.25, -0.2) is 0 Å². The fourth-order valence-corrected chi connectivity index (χ4v) is 4.99. The lowest BCUT2D eigenvalue weighted by atomic mass is 9.82. The SMILES string of the molecule is CCOC(=O)C(CCC(c1c(C)[nH]c2ccccc12)c1c(C)[nH]c2ccccc12)C(C)=O. The number of esters is 1. The van der Waals surface area contributed by atoms with E-state index in [0.717, 1.165) is 22.4 Å². The predicted molar refractivity (Wildman–Crippen MR) is 128 cm³/mol. The monoisotopic (exact) mass is 430 g/mol. The molecule has 5 heteroatoms. The number of aryl methyl sites for hydroxylation is 2. The highest BCUT2D eigenvalue weighted by Gasteiger charge is 2.30. The summed E-state index contributed by atoms with van der Waals surface area (Å²) in [5.74, 6) is -1.29. The Kier molecular flexibility index (Phi) is 6.17. The average molecular weight is 431 g/mol. The molecule has 32 heavy (non-hydrogen) atoms. The normalized spacial score (nSPS) is 12.5. The van der Waals surface area contributed by atoms with Gasteiger partial charge in [0.05, 0.1) is 6.61 Å². The van der Waals surface area contributed by atoms with E-state index >= 15 is 0 Å². The molecule has 5 nitrogen and oxygen atoms in total. The summed E-state index contributed by atoms with van der Waals surface area (Å²) in [5, 5.41) is 2.35. The molecule has 0 aliphatic heterocycles. The minimum atomic E-state index is -0.742. The van der Waals surface area contributed by atoms with E-state index < -0.39 is 11.9 Å². The number of carbonyl (C=O) groups excluding carboxylic acids is 2. The van der Waals surface area contributed by atoms with Crippen molar-refractivity contribution in [1.29, 1.82) is 0 Å². The smallest absolute Gasteiger partial charge is 0.316 e. The molecule has 0 bridgehead atoms. The molecule has 2 heterocycles. The van der Waals surface area contributed by atoms with Gasteiger partial charge in [0.25, 0.3) is 0 Å². The maximum atomic E-state index is 12.5. The van der Waals surface area contributed by atoms with Gasteiger partial charge in [0.1, 0.15) is 11.7 Å². The van der Waals surface area contributed by atoms with Gasteiger partial charge >= 0.3 is 5.97 Å². The van der Waals surface area contributed by atoms with Crippen LogP contribution in [-0.2, 0) is 14.3 Å². The molecule has 1 atom stereocenters. The third-order valence-electron chi connectivity index (χ3n) is 6.39. The Morgan fingerprint density at radius 3 is 1.81 bits per heavy atom. The summed E-state index contributed by atoms with van der Waals surface area (Å²) in [6.45, 7) is 7.71. The number of nitrogens with one attached hydrogen (secondary N) is 2. The van der Waals surface area contributed by atoms with Crippen molar-refractivity contribution in [2.24, 2.45) is 5.92 Å². The largest absolute Gasteiger partial charge is 0.465 e. The van der Waals surface area contributed by atoms with E-state index in [0.29, 0.717) is 12.8 Å². The van der Waals surface area contributed by atoms with Crippen LogP contribution in [0.1, 0.15) is 55.1 Å². The van der Waals surface area contributed by atoms with E-state index in [2.05, 4.69) is 60.2 Å². The van der Waals surface area contributed by atoms with Crippen LogP contribution >= 0.6 is 0 Å². The van der Waals surface area contributed by atoms with Crippen LogP contribution < -0.4 is 0 Å². The number of hydrogen-bond donors (Lipinski definition) is 2. The Labute approximate surface area is 188 Å². The van der Waals surface area contributed by atoms with Crippen LogP contribution in [0.5, 0.6) is 0 Å².